The molecular weight excluding hydrogens is 558 g/mol. The quantitative estimate of drug-likeness (QED) is 0.188. The molecule has 3 aromatic rings. The molecule has 4 N–H and O–H groups in total. The molecule has 1 aliphatic heterocycles. The zero-order chi connectivity index (χ0) is 26.6. The van der Waals surface area contributed by atoms with Gasteiger partial charge in [0.25, 0.3) is 5.91 Å². The standard InChI is InChI=1S/C27H24BrN3O5S/c1-2-36-24(33)17-11-13-20(14-12-17)29-25(34)27(35)21(23(32)16-7-4-3-5-8-16)22(30-26(37)31-27)18-9-6-10-19(28)15-18/h3-15,21-22,35H,2H2,1H3,(H,29,34)(H2,30,31,37). The zero-order valence-corrected chi connectivity index (χ0v) is 22.1. The van der Waals surface area contributed by atoms with E-state index in [2.05, 4.69) is 31.9 Å². The summed E-state index contributed by atoms with van der Waals surface area (Å²) in [7, 11) is 0. The van der Waals surface area contributed by atoms with Crippen LogP contribution in [-0.4, -0.2) is 40.2 Å². The van der Waals surface area contributed by atoms with Crippen LogP contribution >= 0.6 is 28.1 Å². The molecule has 1 amide bonds. The SMILES string of the molecule is CCOC(=O)c1ccc(NC(=O)C2(O)NC(=S)NC(c3cccc(Br)c3)C2C(=O)c2ccccc2)cc1. The molecule has 0 saturated carbocycles. The van der Waals surface area contributed by atoms with Crippen molar-refractivity contribution in [3.8, 4) is 0 Å². The predicted octanol–water partition coefficient (Wildman–Crippen LogP) is 3.97. The molecule has 0 aromatic heterocycles. The molecule has 190 valence electrons. The van der Waals surface area contributed by atoms with Crippen LogP contribution in [0.25, 0.3) is 0 Å². The second-order valence-corrected chi connectivity index (χ2v) is 9.68. The highest BCUT2D eigenvalue weighted by Crippen LogP contribution is 2.37. The summed E-state index contributed by atoms with van der Waals surface area (Å²) in [6.07, 6.45) is 0. The minimum atomic E-state index is -2.40. The maximum atomic E-state index is 13.8. The van der Waals surface area contributed by atoms with Crippen LogP contribution in [0.2, 0.25) is 0 Å². The van der Waals surface area contributed by atoms with Gasteiger partial charge in [-0.2, -0.15) is 0 Å². The summed E-state index contributed by atoms with van der Waals surface area (Å²) in [6, 6.07) is 20.8. The lowest BCUT2D eigenvalue weighted by molar-refractivity contribution is -0.143. The number of Topliss-reactive ketones (excluding diaryl/α,β-unsaturated/α-hetero) is 1. The van der Waals surface area contributed by atoms with Gasteiger partial charge in [0, 0.05) is 15.7 Å². The van der Waals surface area contributed by atoms with Crippen molar-refractivity contribution in [1.29, 1.82) is 0 Å². The van der Waals surface area contributed by atoms with Crippen molar-refractivity contribution in [1.82, 2.24) is 10.6 Å². The van der Waals surface area contributed by atoms with Gasteiger partial charge in [0.1, 0.15) is 5.92 Å². The van der Waals surface area contributed by atoms with Crippen LogP contribution in [-0.2, 0) is 9.53 Å². The Morgan fingerprint density at radius 1 is 1.03 bits per heavy atom. The third kappa shape index (κ3) is 5.71. The maximum Gasteiger partial charge on any atom is 0.338 e. The van der Waals surface area contributed by atoms with Gasteiger partial charge >= 0.3 is 5.97 Å². The van der Waals surface area contributed by atoms with Crippen LogP contribution in [0, 0.1) is 5.92 Å². The first-order chi connectivity index (χ1) is 17.7. The molecule has 1 heterocycles. The monoisotopic (exact) mass is 581 g/mol. The number of benzene rings is 3. The molecule has 1 aliphatic rings. The molecule has 0 aliphatic carbocycles. The number of halogens is 1. The van der Waals surface area contributed by atoms with Crippen molar-refractivity contribution < 1.29 is 24.2 Å². The molecule has 10 heteroatoms. The number of ether oxygens (including phenoxy) is 1. The number of ketones is 1. The van der Waals surface area contributed by atoms with E-state index in [4.69, 9.17) is 17.0 Å². The fourth-order valence-corrected chi connectivity index (χ4v) is 4.88. The predicted molar refractivity (Wildman–Crippen MR) is 146 cm³/mol. The number of carbonyl (C=O) groups is 3. The fraction of sp³-hybridized carbons (Fsp3) is 0.185. The van der Waals surface area contributed by atoms with Crippen molar-refractivity contribution >= 4 is 56.6 Å². The first-order valence-electron chi connectivity index (χ1n) is 11.5. The number of esters is 1. The van der Waals surface area contributed by atoms with E-state index in [0.29, 0.717) is 22.4 Å². The molecule has 3 atom stereocenters. The number of hydrogen-bond donors (Lipinski definition) is 4. The first kappa shape index (κ1) is 26.5. The van der Waals surface area contributed by atoms with Crippen molar-refractivity contribution in [2.24, 2.45) is 5.92 Å². The van der Waals surface area contributed by atoms with E-state index in [0.717, 1.165) is 4.47 Å². The van der Waals surface area contributed by atoms with Crippen molar-refractivity contribution in [3.05, 3.63) is 100 Å². The summed E-state index contributed by atoms with van der Waals surface area (Å²) in [5.41, 5.74) is -0.803. The van der Waals surface area contributed by atoms with Crippen molar-refractivity contribution in [3.63, 3.8) is 0 Å². The second kappa shape index (κ2) is 11.2. The third-order valence-corrected chi connectivity index (χ3v) is 6.64. The molecule has 3 unspecified atom stereocenters. The lowest BCUT2D eigenvalue weighted by Gasteiger charge is -2.44. The van der Waals surface area contributed by atoms with Gasteiger partial charge in [0.2, 0.25) is 5.72 Å². The number of anilines is 1. The molecule has 1 fully saturated rings. The summed E-state index contributed by atoms with van der Waals surface area (Å²) in [6.45, 7) is 1.94. The van der Waals surface area contributed by atoms with Gasteiger partial charge in [-0.15, -0.1) is 0 Å². The average molecular weight is 582 g/mol. The van der Waals surface area contributed by atoms with Gasteiger partial charge in [0.15, 0.2) is 10.9 Å². The Labute approximate surface area is 227 Å². The van der Waals surface area contributed by atoms with Gasteiger partial charge in [-0.1, -0.05) is 58.4 Å². The van der Waals surface area contributed by atoms with E-state index in [1.54, 1.807) is 55.5 Å². The second-order valence-electron chi connectivity index (χ2n) is 8.36. The van der Waals surface area contributed by atoms with E-state index in [-0.39, 0.29) is 11.7 Å². The van der Waals surface area contributed by atoms with E-state index < -0.39 is 35.3 Å². The van der Waals surface area contributed by atoms with Crippen LogP contribution in [0.15, 0.2) is 83.3 Å². The average Bonchev–Trinajstić information content (AvgIpc) is 2.89. The van der Waals surface area contributed by atoms with Gasteiger partial charge in [-0.3, -0.25) is 9.59 Å². The highest BCUT2D eigenvalue weighted by Gasteiger charge is 2.55. The molecule has 1 saturated heterocycles. The first-order valence-corrected chi connectivity index (χ1v) is 12.7. The van der Waals surface area contributed by atoms with Crippen LogP contribution in [0.3, 0.4) is 0 Å². The van der Waals surface area contributed by atoms with E-state index >= 15 is 0 Å². The van der Waals surface area contributed by atoms with Gasteiger partial charge in [-0.05, 0) is 61.1 Å². The Kier molecular flexibility index (Phi) is 8.01. The number of rotatable bonds is 7. The van der Waals surface area contributed by atoms with Gasteiger partial charge in [-0.25, -0.2) is 4.79 Å². The number of hydrogen-bond acceptors (Lipinski definition) is 6. The van der Waals surface area contributed by atoms with Crippen LogP contribution in [0.4, 0.5) is 5.69 Å². The summed E-state index contributed by atoms with van der Waals surface area (Å²) in [5.74, 6) is -3.12. The summed E-state index contributed by atoms with van der Waals surface area (Å²) >= 11 is 8.78. The lowest BCUT2D eigenvalue weighted by Crippen LogP contribution is -2.71. The van der Waals surface area contributed by atoms with Crippen molar-refractivity contribution in [2.45, 2.75) is 18.7 Å². The number of amides is 1. The van der Waals surface area contributed by atoms with E-state index in [9.17, 15) is 19.5 Å². The molecule has 0 bridgehead atoms. The fourth-order valence-electron chi connectivity index (χ4n) is 4.18. The zero-order valence-electron chi connectivity index (χ0n) is 19.7. The van der Waals surface area contributed by atoms with Gasteiger partial charge < -0.3 is 25.8 Å². The summed E-state index contributed by atoms with van der Waals surface area (Å²) < 4.78 is 5.74. The Hall–Kier alpha value is -3.60. The highest BCUT2D eigenvalue weighted by atomic mass is 79.9. The van der Waals surface area contributed by atoms with Crippen molar-refractivity contribution in [2.75, 3.05) is 11.9 Å². The third-order valence-electron chi connectivity index (χ3n) is 5.92. The Balaban J connectivity index is 1.71. The van der Waals surface area contributed by atoms with Crippen LogP contribution < -0.4 is 16.0 Å². The van der Waals surface area contributed by atoms with Gasteiger partial charge in [0.05, 0.1) is 18.2 Å². The number of thiocarbonyl (C=S) groups is 1. The Bertz CT molecular complexity index is 1340. The summed E-state index contributed by atoms with van der Waals surface area (Å²) in [4.78, 5) is 39.3. The lowest BCUT2D eigenvalue weighted by atomic mass is 9.77. The smallest absolute Gasteiger partial charge is 0.338 e. The molecule has 8 nitrogen and oxygen atoms in total. The molecule has 4 rings (SSSR count). The molecule has 0 spiro atoms. The number of nitrogens with one attached hydrogen (secondary N) is 3. The largest absolute Gasteiger partial charge is 0.462 e. The summed E-state index contributed by atoms with van der Waals surface area (Å²) in [5, 5.41) is 20.2. The molecule has 3 aromatic carbocycles. The van der Waals surface area contributed by atoms with Crippen LogP contribution in [0.5, 0.6) is 0 Å². The molecule has 0 radical (unpaired) electrons. The molecule has 37 heavy (non-hydrogen) atoms. The minimum Gasteiger partial charge on any atom is -0.462 e. The normalized spacial score (nSPS) is 20.8. The number of carbonyl (C=O) groups excluding carboxylic acids is 3. The minimum absolute atomic E-state index is 0.0115. The Morgan fingerprint density at radius 2 is 1.73 bits per heavy atom. The van der Waals surface area contributed by atoms with E-state index in [1.165, 1.54) is 24.3 Å². The topological polar surface area (TPSA) is 117 Å². The Morgan fingerprint density at radius 3 is 2.38 bits per heavy atom. The molecular formula is C27H24BrN3O5S. The number of aliphatic hydroxyl groups is 1. The highest BCUT2D eigenvalue weighted by molar-refractivity contribution is 9.10. The maximum absolute atomic E-state index is 13.8. The van der Waals surface area contributed by atoms with Crippen LogP contribution in [0.1, 0.15) is 39.2 Å². The van der Waals surface area contributed by atoms with E-state index in [1.807, 2.05) is 6.07 Å².